The highest BCUT2D eigenvalue weighted by molar-refractivity contribution is 5.85. The lowest BCUT2D eigenvalue weighted by atomic mass is 9.99. The number of amides is 1. The standard InChI is InChI=1S/C15H21NO3.C8H16O2.2C2H6/c1-11(2)9-14(12(3)17)16-15(18)19-10-13-7-5-4-6-8-13;1-6(2)5-7(3)8(9)10-4;2*1-2/h4-8,11,14H,9-10H2,1-3H3,(H,16,18);6-7H,5H2,1-4H3;2*1-2H3. The molecule has 6 nitrogen and oxygen atoms in total. The summed E-state index contributed by atoms with van der Waals surface area (Å²) in [6.07, 6.45) is 0.979. The molecule has 192 valence electrons. The second kappa shape index (κ2) is 22.8. The maximum Gasteiger partial charge on any atom is 0.408 e. The van der Waals surface area contributed by atoms with Crippen LogP contribution in [0.25, 0.3) is 0 Å². The van der Waals surface area contributed by atoms with Gasteiger partial charge in [-0.3, -0.25) is 9.59 Å². The zero-order valence-electron chi connectivity index (χ0n) is 22.9. The summed E-state index contributed by atoms with van der Waals surface area (Å²) in [5, 5.41) is 2.61. The lowest BCUT2D eigenvalue weighted by molar-refractivity contribution is -0.145. The number of nitrogens with one attached hydrogen (secondary N) is 1. The summed E-state index contributed by atoms with van der Waals surface area (Å²) in [6, 6.07) is 8.95. The fourth-order valence-electron chi connectivity index (χ4n) is 2.71. The summed E-state index contributed by atoms with van der Waals surface area (Å²) in [5.74, 6) is 0.793. The van der Waals surface area contributed by atoms with Gasteiger partial charge in [-0.15, -0.1) is 0 Å². The van der Waals surface area contributed by atoms with Crippen LogP contribution in [-0.2, 0) is 25.7 Å². The van der Waals surface area contributed by atoms with Gasteiger partial charge in [-0.25, -0.2) is 4.79 Å². The molecule has 33 heavy (non-hydrogen) atoms. The Morgan fingerprint density at radius 2 is 1.33 bits per heavy atom. The van der Waals surface area contributed by atoms with Gasteiger partial charge in [-0.05, 0) is 37.2 Å². The molecule has 1 aromatic rings. The van der Waals surface area contributed by atoms with E-state index >= 15 is 0 Å². The summed E-state index contributed by atoms with van der Waals surface area (Å²) >= 11 is 0. The van der Waals surface area contributed by atoms with Crippen molar-refractivity contribution in [3.8, 4) is 0 Å². The van der Waals surface area contributed by atoms with E-state index in [1.807, 2.05) is 78.8 Å². The van der Waals surface area contributed by atoms with Gasteiger partial charge in [-0.1, -0.05) is 92.6 Å². The predicted octanol–water partition coefficient (Wildman–Crippen LogP) is 6.81. The van der Waals surface area contributed by atoms with E-state index in [0.717, 1.165) is 12.0 Å². The monoisotopic (exact) mass is 467 g/mol. The minimum Gasteiger partial charge on any atom is -0.469 e. The number of carbonyl (C=O) groups is 3. The van der Waals surface area contributed by atoms with Gasteiger partial charge in [0.2, 0.25) is 0 Å². The lowest BCUT2D eigenvalue weighted by Gasteiger charge is -2.17. The Balaban J connectivity index is -0.000000544. The van der Waals surface area contributed by atoms with Crippen LogP contribution in [-0.4, -0.2) is 31.0 Å². The molecule has 1 aromatic carbocycles. The first kappa shape index (κ1) is 35.2. The molecule has 0 saturated carbocycles. The van der Waals surface area contributed by atoms with Crippen molar-refractivity contribution in [2.75, 3.05) is 7.11 Å². The van der Waals surface area contributed by atoms with E-state index in [2.05, 4.69) is 23.9 Å². The molecule has 6 heteroatoms. The predicted molar refractivity (Wildman–Crippen MR) is 137 cm³/mol. The molecule has 2 unspecified atom stereocenters. The Labute approximate surface area is 202 Å². The van der Waals surface area contributed by atoms with E-state index in [-0.39, 0.29) is 24.3 Å². The average Bonchev–Trinajstić information content (AvgIpc) is 2.79. The van der Waals surface area contributed by atoms with Gasteiger partial charge >= 0.3 is 12.1 Å². The molecule has 2 atom stereocenters. The Bertz CT molecular complexity index is 614. The zero-order valence-corrected chi connectivity index (χ0v) is 22.9. The van der Waals surface area contributed by atoms with E-state index in [1.165, 1.54) is 14.0 Å². The van der Waals surface area contributed by atoms with Crippen LogP contribution >= 0.6 is 0 Å². The molecule has 0 fully saturated rings. The van der Waals surface area contributed by atoms with Crippen molar-refractivity contribution in [3.63, 3.8) is 0 Å². The Kier molecular flexibility index (Phi) is 24.3. The number of Topliss-reactive ketones (excluding diaryl/α,β-unsaturated/α-hetero) is 1. The minimum absolute atomic E-state index is 0.0463. The molecule has 1 amide bonds. The fourth-order valence-corrected chi connectivity index (χ4v) is 2.71. The van der Waals surface area contributed by atoms with Gasteiger partial charge in [0, 0.05) is 0 Å². The zero-order chi connectivity index (χ0) is 26.4. The third kappa shape index (κ3) is 21.2. The van der Waals surface area contributed by atoms with Crippen molar-refractivity contribution in [3.05, 3.63) is 35.9 Å². The third-order valence-electron chi connectivity index (χ3n) is 4.13. The van der Waals surface area contributed by atoms with Crippen LogP contribution < -0.4 is 5.32 Å². The molecule has 1 N–H and O–H groups in total. The van der Waals surface area contributed by atoms with Gasteiger partial charge in [0.15, 0.2) is 5.78 Å². The van der Waals surface area contributed by atoms with Gasteiger partial charge in [0.1, 0.15) is 6.61 Å². The molecule has 0 heterocycles. The van der Waals surface area contributed by atoms with Crippen LogP contribution in [0.15, 0.2) is 30.3 Å². The second-order valence-corrected chi connectivity index (χ2v) is 8.05. The first-order valence-corrected chi connectivity index (χ1v) is 12.1. The van der Waals surface area contributed by atoms with Gasteiger partial charge in [-0.2, -0.15) is 0 Å². The number of carbonyl (C=O) groups excluding carboxylic acids is 3. The van der Waals surface area contributed by atoms with E-state index in [0.29, 0.717) is 18.3 Å². The van der Waals surface area contributed by atoms with Crippen LogP contribution in [0, 0.1) is 17.8 Å². The first-order chi connectivity index (χ1) is 15.6. The molecule has 0 bridgehead atoms. The lowest BCUT2D eigenvalue weighted by Crippen LogP contribution is -2.40. The maximum absolute atomic E-state index is 11.6. The Morgan fingerprint density at radius 1 is 0.848 bits per heavy atom. The quantitative estimate of drug-likeness (QED) is 0.403. The number of ether oxygens (including phenoxy) is 2. The van der Waals surface area contributed by atoms with E-state index in [4.69, 9.17) is 4.74 Å². The largest absolute Gasteiger partial charge is 0.469 e. The van der Waals surface area contributed by atoms with Gasteiger partial charge < -0.3 is 14.8 Å². The van der Waals surface area contributed by atoms with Crippen molar-refractivity contribution in [1.82, 2.24) is 5.32 Å². The average molecular weight is 468 g/mol. The smallest absolute Gasteiger partial charge is 0.408 e. The molecule has 0 aromatic heterocycles. The highest BCUT2D eigenvalue weighted by Crippen LogP contribution is 2.11. The van der Waals surface area contributed by atoms with Crippen LogP contribution in [0.2, 0.25) is 0 Å². The molecular formula is C27H49NO5. The van der Waals surface area contributed by atoms with Crippen molar-refractivity contribution >= 4 is 17.8 Å². The Morgan fingerprint density at radius 3 is 1.73 bits per heavy atom. The normalized spacial score (nSPS) is 11.3. The number of esters is 1. The van der Waals surface area contributed by atoms with Crippen molar-refractivity contribution in [1.29, 1.82) is 0 Å². The second-order valence-electron chi connectivity index (χ2n) is 8.05. The van der Waals surface area contributed by atoms with Crippen LogP contribution in [0.5, 0.6) is 0 Å². The van der Waals surface area contributed by atoms with Crippen LogP contribution in [0.3, 0.4) is 0 Å². The molecule has 0 aliphatic carbocycles. The van der Waals surface area contributed by atoms with Crippen molar-refractivity contribution in [2.45, 2.75) is 94.7 Å². The number of hydrogen-bond donors (Lipinski definition) is 1. The molecular weight excluding hydrogens is 418 g/mol. The van der Waals surface area contributed by atoms with Gasteiger partial charge in [0.25, 0.3) is 0 Å². The molecule has 0 spiro atoms. The highest BCUT2D eigenvalue weighted by Gasteiger charge is 2.19. The Hall–Kier alpha value is -2.37. The number of ketones is 1. The van der Waals surface area contributed by atoms with Crippen molar-refractivity contribution in [2.24, 2.45) is 17.8 Å². The summed E-state index contributed by atoms with van der Waals surface area (Å²) < 4.78 is 9.66. The number of methoxy groups -OCH3 is 1. The van der Waals surface area contributed by atoms with Gasteiger partial charge in [0.05, 0.1) is 19.1 Å². The van der Waals surface area contributed by atoms with E-state index < -0.39 is 12.1 Å². The number of alkyl carbamates (subject to hydrolysis) is 1. The number of rotatable bonds is 9. The topological polar surface area (TPSA) is 81.7 Å². The molecule has 0 aliphatic rings. The van der Waals surface area contributed by atoms with Crippen molar-refractivity contribution < 1.29 is 23.9 Å². The van der Waals surface area contributed by atoms with Crippen LogP contribution in [0.1, 0.15) is 87.6 Å². The maximum atomic E-state index is 11.6. The summed E-state index contributed by atoms with van der Waals surface area (Å²) in [4.78, 5) is 33.9. The highest BCUT2D eigenvalue weighted by atomic mass is 16.5. The minimum atomic E-state index is -0.551. The summed E-state index contributed by atoms with van der Waals surface area (Å²) in [5.41, 5.74) is 0.917. The van der Waals surface area contributed by atoms with E-state index in [1.54, 1.807) is 0 Å². The first-order valence-electron chi connectivity index (χ1n) is 12.1. The fraction of sp³-hybridized carbons (Fsp3) is 0.667. The molecule has 0 saturated heterocycles. The molecule has 0 radical (unpaired) electrons. The molecule has 0 aliphatic heterocycles. The number of hydrogen-bond acceptors (Lipinski definition) is 5. The van der Waals surface area contributed by atoms with E-state index in [9.17, 15) is 14.4 Å². The number of benzene rings is 1. The van der Waals surface area contributed by atoms with Crippen LogP contribution in [0.4, 0.5) is 4.79 Å². The molecule has 1 rings (SSSR count). The summed E-state index contributed by atoms with van der Waals surface area (Å²) in [7, 11) is 1.43. The third-order valence-corrected chi connectivity index (χ3v) is 4.13. The summed E-state index contributed by atoms with van der Waals surface area (Å²) in [6.45, 7) is 19.8. The SMILES string of the molecule is CC.CC.CC(=O)C(CC(C)C)NC(=O)OCc1ccccc1.COC(=O)C(C)CC(C)C.